The van der Waals surface area contributed by atoms with Crippen molar-refractivity contribution in [3.8, 4) is 23.8 Å². The molecule has 29 heavy (non-hydrogen) atoms. The first-order chi connectivity index (χ1) is 14.1. The van der Waals surface area contributed by atoms with E-state index in [1.807, 2.05) is 0 Å². The van der Waals surface area contributed by atoms with Crippen molar-refractivity contribution in [2.45, 2.75) is 0 Å². The van der Waals surface area contributed by atoms with Crippen LogP contribution < -0.4 is 19.7 Å². The molecule has 0 radical (unpaired) electrons. The van der Waals surface area contributed by atoms with Gasteiger partial charge in [-0.1, -0.05) is 12.0 Å². The molecule has 0 unspecified atom stereocenters. The van der Waals surface area contributed by atoms with Gasteiger partial charge >= 0.3 is 12.2 Å². The van der Waals surface area contributed by atoms with Crippen molar-refractivity contribution in [1.82, 2.24) is 0 Å². The molecule has 2 rings (SSSR count). The van der Waals surface area contributed by atoms with E-state index in [1.165, 1.54) is 11.0 Å². The number of hydrogen-bond acceptors (Lipinski definition) is 6. The van der Waals surface area contributed by atoms with Gasteiger partial charge in [-0.2, -0.15) is 0 Å². The summed E-state index contributed by atoms with van der Waals surface area (Å²) in [7, 11) is 3.11. The molecule has 2 aromatic carbocycles. The number of nitrogens with one attached hydrogen (secondary N) is 1. The average molecular weight is 398 g/mol. The number of nitrogens with zero attached hydrogens (tertiary/aromatic N) is 1. The van der Waals surface area contributed by atoms with Crippen LogP contribution in [-0.2, 0) is 9.47 Å². The molecule has 0 saturated carbocycles. The van der Waals surface area contributed by atoms with Gasteiger partial charge in [-0.05, 0) is 36.4 Å². The van der Waals surface area contributed by atoms with E-state index in [1.54, 1.807) is 56.7 Å². The number of methoxy groups -OCH3 is 2. The SMILES string of the molecule is C#CCOC(=O)Nc1cccc(OC(=O)N(CCOC)c2ccc(OC)cc2)c1. The standard InChI is InChI=1S/C21H22N2O6/c1-4-13-28-20(24)22-16-6-5-7-19(15-16)29-21(25)23(12-14-26-2)17-8-10-18(27-3)11-9-17/h1,5-11,15H,12-14H2,2-3H3,(H,22,24). The second-order valence-corrected chi connectivity index (χ2v) is 5.64. The zero-order valence-electron chi connectivity index (χ0n) is 16.2. The summed E-state index contributed by atoms with van der Waals surface area (Å²) in [6.45, 7) is 0.471. The Kier molecular flexibility index (Phi) is 8.35. The minimum absolute atomic E-state index is 0.142. The Labute approximate surface area is 169 Å². The first-order valence-corrected chi connectivity index (χ1v) is 8.67. The van der Waals surface area contributed by atoms with E-state index in [9.17, 15) is 9.59 Å². The van der Waals surface area contributed by atoms with Gasteiger partial charge in [0, 0.05) is 24.6 Å². The molecule has 0 saturated heterocycles. The van der Waals surface area contributed by atoms with Crippen LogP contribution in [0, 0.1) is 12.3 Å². The fourth-order valence-corrected chi connectivity index (χ4v) is 2.32. The number of carbonyl (C=O) groups is 2. The zero-order valence-corrected chi connectivity index (χ0v) is 16.2. The first kappa shape index (κ1) is 21.6. The minimum Gasteiger partial charge on any atom is -0.497 e. The second-order valence-electron chi connectivity index (χ2n) is 5.64. The Morgan fingerprint density at radius 3 is 2.52 bits per heavy atom. The van der Waals surface area contributed by atoms with Gasteiger partial charge in [-0.15, -0.1) is 6.42 Å². The van der Waals surface area contributed by atoms with E-state index in [2.05, 4.69) is 11.2 Å². The maximum Gasteiger partial charge on any atom is 0.419 e. The maximum absolute atomic E-state index is 12.7. The highest BCUT2D eigenvalue weighted by atomic mass is 16.6. The number of amides is 2. The van der Waals surface area contributed by atoms with Crippen LogP contribution in [-0.4, -0.2) is 46.2 Å². The lowest BCUT2D eigenvalue weighted by Gasteiger charge is -2.22. The summed E-state index contributed by atoms with van der Waals surface area (Å²) in [6, 6.07) is 13.3. The monoisotopic (exact) mass is 398 g/mol. The van der Waals surface area contributed by atoms with Gasteiger partial charge in [0.1, 0.15) is 11.5 Å². The van der Waals surface area contributed by atoms with Gasteiger partial charge in [0.15, 0.2) is 6.61 Å². The number of hydrogen-bond donors (Lipinski definition) is 1. The molecule has 0 heterocycles. The van der Waals surface area contributed by atoms with E-state index in [4.69, 9.17) is 25.4 Å². The summed E-state index contributed by atoms with van der Waals surface area (Å²) < 4.78 is 20.4. The second kappa shape index (κ2) is 11.2. The van der Waals surface area contributed by atoms with Gasteiger partial charge in [0.2, 0.25) is 0 Å². The predicted octanol–water partition coefficient (Wildman–Crippen LogP) is 3.53. The lowest BCUT2D eigenvalue weighted by molar-refractivity contribution is 0.176. The van der Waals surface area contributed by atoms with Gasteiger partial charge < -0.3 is 18.9 Å². The highest BCUT2D eigenvalue weighted by Gasteiger charge is 2.18. The van der Waals surface area contributed by atoms with Crippen LogP contribution in [0.1, 0.15) is 0 Å². The summed E-state index contributed by atoms with van der Waals surface area (Å²) in [5, 5.41) is 2.50. The predicted molar refractivity (Wildman–Crippen MR) is 108 cm³/mol. The zero-order chi connectivity index (χ0) is 21.1. The molecular weight excluding hydrogens is 376 g/mol. The molecule has 0 bridgehead atoms. The number of carbonyl (C=O) groups excluding carboxylic acids is 2. The minimum atomic E-state index is -0.702. The lowest BCUT2D eigenvalue weighted by Crippen LogP contribution is -2.36. The molecular formula is C21H22N2O6. The molecule has 0 aliphatic heterocycles. The van der Waals surface area contributed by atoms with Crippen molar-refractivity contribution >= 4 is 23.6 Å². The third kappa shape index (κ3) is 6.75. The number of rotatable bonds is 8. The largest absolute Gasteiger partial charge is 0.497 e. The third-order valence-corrected chi connectivity index (χ3v) is 3.70. The molecule has 0 atom stereocenters. The highest BCUT2D eigenvalue weighted by Crippen LogP contribution is 2.22. The number of ether oxygens (including phenoxy) is 4. The molecule has 0 aliphatic rings. The number of anilines is 2. The number of benzene rings is 2. The van der Waals surface area contributed by atoms with Gasteiger partial charge in [-0.25, -0.2) is 9.59 Å². The molecule has 1 N–H and O–H groups in total. The van der Waals surface area contributed by atoms with Gasteiger partial charge in [0.25, 0.3) is 0 Å². The molecule has 0 aliphatic carbocycles. The third-order valence-electron chi connectivity index (χ3n) is 3.70. The van der Waals surface area contributed by atoms with Crippen LogP contribution in [0.25, 0.3) is 0 Å². The van der Waals surface area contributed by atoms with Crippen molar-refractivity contribution < 1.29 is 28.5 Å². The van der Waals surface area contributed by atoms with Crippen LogP contribution in [0.4, 0.5) is 21.0 Å². The van der Waals surface area contributed by atoms with E-state index in [0.29, 0.717) is 23.7 Å². The molecule has 2 aromatic rings. The van der Waals surface area contributed by atoms with Crippen molar-refractivity contribution in [2.75, 3.05) is 44.2 Å². The Morgan fingerprint density at radius 2 is 1.86 bits per heavy atom. The van der Waals surface area contributed by atoms with Crippen molar-refractivity contribution in [2.24, 2.45) is 0 Å². The Balaban J connectivity index is 2.10. The first-order valence-electron chi connectivity index (χ1n) is 8.67. The molecule has 0 spiro atoms. The lowest BCUT2D eigenvalue weighted by atomic mass is 10.2. The Bertz CT molecular complexity index is 860. The quantitative estimate of drug-likeness (QED) is 0.685. The fraction of sp³-hybridized carbons (Fsp3) is 0.238. The normalized spacial score (nSPS) is 9.83. The molecule has 0 aromatic heterocycles. The van der Waals surface area contributed by atoms with Crippen LogP contribution in [0.5, 0.6) is 11.5 Å². The van der Waals surface area contributed by atoms with E-state index in [0.717, 1.165) is 0 Å². The van der Waals surface area contributed by atoms with Gasteiger partial charge in [-0.3, -0.25) is 10.2 Å². The van der Waals surface area contributed by atoms with Gasteiger partial charge in [0.05, 0.1) is 20.3 Å². The fourth-order valence-electron chi connectivity index (χ4n) is 2.32. The highest BCUT2D eigenvalue weighted by molar-refractivity contribution is 5.90. The number of terminal acetylenes is 1. The molecule has 0 fully saturated rings. The maximum atomic E-state index is 12.7. The Hall–Kier alpha value is -3.70. The van der Waals surface area contributed by atoms with Crippen LogP contribution in [0.3, 0.4) is 0 Å². The van der Waals surface area contributed by atoms with Crippen molar-refractivity contribution in [3.63, 3.8) is 0 Å². The summed E-state index contributed by atoms with van der Waals surface area (Å²) >= 11 is 0. The van der Waals surface area contributed by atoms with Crippen LogP contribution >= 0.6 is 0 Å². The van der Waals surface area contributed by atoms with Crippen LogP contribution in [0.15, 0.2) is 48.5 Å². The summed E-state index contributed by atoms with van der Waals surface area (Å²) in [4.78, 5) is 25.8. The molecule has 8 nitrogen and oxygen atoms in total. The molecule has 8 heteroatoms. The van der Waals surface area contributed by atoms with Crippen LogP contribution in [0.2, 0.25) is 0 Å². The summed E-state index contributed by atoms with van der Waals surface area (Å²) in [5.41, 5.74) is 1.02. The van der Waals surface area contributed by atoms with E-state index < -0.39 is 12.2 Å². The smallest absolute Gasteiger partial charge is 0.419 e. The van der Waals surface area contributed by atoms with E-state index in [-0.39, 0.29) is 18.9 Å². The van der Waals surface area contributed by atoms with E-state index >= 15 is 0 Å². The topological polar surface area (TPSA) is 86.3 Å². The molecule has 2 amide bonds. The molecule has 152 valence electrons. The summed E-state index contributed by atoms with van der Waals surface area (Å²) in [5.74, 6) is 3.12. The summed E-state index contributed by atoms with van der Waals surface area (Å²) in [6.07, 6.45) is 3.74. The van der Waals surface area contributed by atoms with Crippen molar-refractivity contribution in [1.29, 1.82) is 0 Å². The Morgan fingerprint density at radius 1 is 1.10 bits per heavy atom. The van der Waals surface area contributed by atoms with Crippen molar-refractivity contribution in [3.05, 3.63) is 48.5 Å². The average Bonchev–Trinajstić information content (AvgIpc) is 2.73.